The van der Waals surface area contributed by atoms with Crippen LogP contribution in [0.4, 0.5) is 0 Å². The topological polar surface area (TPSA) is 76.0 Å². The molecule has 0 aliphatic heterocycles. The number of rotatable bonds is 9. The largest absolute Gasteiger partial charge is 0.460 e. The second-order valence-electron chi connectivity index (χ2n) is 10.3. The average Bonchev–Trinajstić information content (AvgIpc) is 2.67. The molecule has 5 nitrogen and oxygen atoms in total. The predicted octanol–water partition coefficient (Wildman–Crippen LogP) is 3.41. The van der Waals surface area contributed by atoms with E-state index in [2.05, 4.69) is 45.0 Å². The molecule has 0 bridgehead atoms. The van der Waals surface area contributed by atoms with Gasteiger partial charge in [0.1, 0.15) is 5.60 Å². The third-order valence-electron chi connectivity index (χ3n) is 5.28. The molecule has 0 fully saturated rings. The molecule has 2 unspecified atom stereocenters. The Morgan fingerprint density at radius 2 is 1.31 bits per heavy atom. The summed E-state index contributed by atoms with van der Waals surface area (Å²) in [5, 5.41) is 23.0. The standard InChI is InChI=1S/C26H38O5Si/c1-25(2,3)31-24(29)18-20(27)17-21(28)19-30-32(26(4,5)6,22-13-9-7-10-14-22)23-15-11-8-12-16-23/h7-16,20-21,27-28H,17-19H2,1-6H3. The third kappa shape index (κ3) is 7.00. The van der Waals surface area contributed by atoms with Crippen LogP contribution in [-0.4, -0.2) is 48.9 Å². The van der Waals surface area contributed by atoms with E-state index >= 15 is 0 Å². The molecule has 2 aromatic rings. The normalized spacial score (nSPS) is 14.6. The minimum absolute atomic E-state index is 0.0391. The summed E-state index contributed by atoms with van der Waals surface area (Å²) in [6.45, 7) is 11.9. The van der Waals surface area contributed by atoms with Crippen molar-refractivity contribution >= 4 is 24.7 Å². The Hall–Kier alpha value is -1.99. The summed E-state index contributed by atoms with van der Waals surface area (Å²) in [4.78, 5) is 12.0. The summed E-state index contributed by atoms with van der Waals surface area (Å²) in [6, 6.07) is 20.4. The van der Waals surface area contributed by atoms with Crippen LogP contribution in [0.15, 0.2) is 60.7 Å². The van der Waals surface area contributed by atoms with Crippen LogP contribution in [0.25, 0.3) is 0 Å². The van der Waals surface area contributed by atoms with E-state index in [1.54, 1.807) is 20.8 Å². The van der Waals surface area contributed by atoms with Crippen molar-refractivity contribution in [3.05, 3.63) is 60.7 Å². The second kappa shape index (κ2) is 10.7. The first kappa shape index (κ1) is 26.3. The van der Waals surface area contributed by atoms with E-state index in [4.69, 9.17) is 9.16 Å². The number of hydrogen-bond acceptors (Lipinski definition) is 5. The molecule has 0 aromatic heterocycles. The van der Waals surface area contributed by atoms with E-state index in [-0.39, 0.29) is 24.5 Å². The fourth-order valence-electron chi connectivity index (χ4n) is 4.02. The minimum Gasteiger partial charge on any atom is -0.460 e. The molecule has 0 radical (unpaired) electrons. The number of carbonyl (C=O) groups excluding carboxylic acids is 1. The molecule has 0 aliphatic carbocycles. The lowest BCUT2D eigenvalue weighted by Gasteiger charge is -2.43. The summed E-state index contributed by atoms with van der Waals surface area (Å²) >= 11 is 0. The van der Waals surface area contributed by atoms with Crippen LogP contribution < -0.4 is 10.4 Å². The van der Waals surface area contributed by atoms with Crippen molar-refractivity contribution in [2.24, 2.45) is 0 Å². The van der Waals surface area contributed by atoms with Crippen LogP contribution >= 0.6 is 0 Å². The van der Waals surface area contributed by atoms with Gasteiger partial charge in [-0.2, -0.15) is 0 Å². The Morgan fingerprint density at radius 1 is 0.844 bits per heavy atom. The molecule has 32 heavy (non-hydrogen) atoms. The van der Waals surface area contributed by atoms with E-state index in [1.807, 2.05) is 36.4 Å². The lowest BCUT2D eigenvalue weighted by Crippen LogP contribution is -2.67. The maximum Gasteiger partial charge on any atom is 0.308 e. The number of aliphatic hydroxyl groups is 2. The van der Waals surface area contributed by atoms with Gasteiger partial charge >= 0.3 is 5.97 Å². The molecule has 0 aliphatic rings. The van der Waals surface area contributed by atoms with Crippen LogP contribution in [0, 0.1) is 0 Å². The van der Waals surface area contributed by atoms with Crippen molar-refractivity contribution in [3.8, 4) is 0 Å². The van der Waals surface area contributed by atoms with Crippen molar-refractivity contribution in [1.82, 2.24) is 0 Å². The Kier molecular flexibility index (Phi) is 8.82. The SMILES string of the molecule is CC(C)(C)OC(=O)CC(O)CC(O)CO[Si](c1ccccc1)(c1ccccc1)C(C)(C)C. The number of benzene rings is 2. The van der Waals surface area contributed by atoms with Crippen LogP contribution in [0.5, 0.6) is 0 Å². The van der Waals surface area contributed by atoms with Crippen LogP contribution in [0.3, 0.4) is 0 Å². The summed E-state index contributed by atoms with van der Waals surface area (Å²) < 4.78 is 11.9. The Balaban J connectivity index is 2.20. The maximum atomic E-state index is 12.0. The number of carbonyl (C=O) groups is 1. The molecule has 0 saturated carbocycles. The summed E-state index contributed by atoms with van der Waals surface area (Å²) in [5.41, 5.74) is -0.609. The minimum atomic E-state index is -2.76. The predicted molar refractivity (Wildman–Crippen MR) is 131 cm³/mol. The van der Waals surface area contributed by atoms with E-state index in [9.17, 15) is 15.0 Å². The molecule has 2 rings (SSSR count). The zero-order valence-corrected chi connectivity index (χ0v) is 21.2. The Labute approximate surface area is 193 Å². The zero-order chi connectivity index (χ0) is 24.0. The van der Waals surface area contributed by atoms with Gasteiger partial charge in [-0.05, 0) is 36.2 Å². The number of aliphatic hydroxyl groups excluding tert-OH is 2. The van der Waals surface area contributed by atoms with Gasteiger partial charge in [0.05, 0.1) is 25.2 Å². The smallest absolute Gasteiger partial charge is 0.308 e. The van der Waals surface area contributed by atoms with Gasteiger partial charge in [-0.1, -0.05) is 81.4 Å². The fraction of sp³-hybridized carbons (Fsp3) is 0.500. The average molecular weight is 459 g/mol. The molecule has 0 spiro atoms. The summed E-state index contributed by atoms with van der Waals surface area (Å²) in [6.07, 6.45) is -2.03. The van der Waals surface area contributed by atoms with Crippen LogP contribution in [0.2, 0.25) is 5.04 Å². The highest BCUT2D eigenvalue weighted by Gasteiger charge is 2.50. The van der Waals surface area contributed by atoms with Gasteiger partial charge in [-0.15, -0.1) is 0 Å². The fourth-order valence-corrected chi connectivity index (χ4v) is 8.62. The summed E-state index contributed by atoms with van der Waals surface area (Å²) in [5.74, 6) is -0.481. The van der Waals surface area contributed by atoms with Gasteiger partial charge in [0.15, 0.2) is 0 Å². The highest BCUT2D eigenvalue weighted by atomic mass is 28.4. The maximum absolute atomic E-state index is 12.0. The van der Waals surface area contributed by atoms with Gasteiger partial charge < -0.3 is 19.4 Å². The van der Waals surface area contributed by atoms with Gasteiger partial charge in [0, 0.05) is 6.42 Å². The molecule has 2 aromatic carbocycles. The highest BCUT2D eigenvalue weighted by Crippen LogP contribution is 2.36. The van der Waals surface area contributed by atoms with Crippen molar-refractivity contribution in [2.75, 3.05) is 6.61 Å². The Morgan fingerprint density at radius 3 is 1.72 bits per heavy atom. The molecule has 0 amide bonds. The summed E-state index contributed by atoms with van der Waals surface area (Å²) in [7, 11) is -2.76. The highest BCUT2D eigenvalue weighted by molar-refractivity contribution is 6.99. The molecular weight excluding hydrogens is 420 g/mol. The van der Waals surface area contributed by atoms with Crippen molar-refractivity contribution in [2.45, 2.75) is 77.2 Å². The third-order valence-corrected chi connectivity index (χ3v) is 10.3. The van der Waals surface area contributed by atoms with Crippen LogP contribution in [0.1, 0.15) is 54.4 Å². The lowest BCUT2D eigenvalue weighted by molar-refractivity contribution is -0.157. The van der Waals surface area contributed by atoms with Crippen molar-refractivity contribution in [3.63, 3.8) is 0 Å². The van der Waals surface area contributed by atoms with E-state index in [0.717, 1.165) is 10.4 Å². The van der Waals surface area contributed by atoms with Gasteiger partial charge in [-0.25, -0.2) is 0 Å². The van der Waals surface area contributed by atoms with Gasteiger partial charge in [0.2, 0.25) is 0 Å². The van der Waals surface area contributed by atoms with E-state index in [1.165, 1.54) is 0 Å². The first-order valence-corrected chi connectivity index (χ1v) is 13.1. The molecule has 2 N–H and O–H groups in total. The molecule has 2 atom stereocenters. The lowest BCUT2D eigenvalue weighted by atomic mass is 10.1. The monoisotopic (exact) mass is 458 g/mol. The second-order valence-corrected chi connectivity index (χ2v) is 14.6. The van der Waals surface area contributed by atoms with E-state index in [0.29, 0.717) is 0 Å². The number of ether oxygens (including phenoxy) is 1. The molecular formula is C26H38O5Si. The van der Waals surface area contributed by atoms with Gasteiger partial charge in [0.25, 0.3) is 8.32 Å². The molecule has 0 saturated heterocycles. The number of hydrogen-bond donors (Lipinski definition) is 2. The van der Waals surface area contributed by atoms with Gasteiger partial charge in [-0.3, -0.25) is 4.79 Å². The molecule has 0 heterocycles. The van der Waals surface area contributed by atoms with E-state index < -0.39 is 32.1 Å². The number of esters is 1. The molecule has 176 valence electrons. The zero-order valence-electron chi connectivity index (χ0n) is 20.2. The van der Waals surface area contributed by atoms with Crippen molar-refractivity contribution in [1.29, 1.82) is 0 Å². The van der Waals surface area contributed by atoms with Crippen LogP contribution in [-0.2, 0) is 14.0 Å². The van der Waals surface area contributed by atoms with Crippen molar-refractivity contribution < 1.29 is 24.2 Å². The first-order valence-electron chi connectivity index (χ1n) is 11.2. The quantitative estimate of drug-likeness (QED) is 0.445. The first-order chi connectivity index (χ1) is 14.8. The Bertz CT molecular complexity index is 801. The molecule has 6 heteroatoms.